The Balaban J connectivity index is 1.95. The lowest BCUT2D eigenvalue weighted by Crippen LogP contribution is -2.31. The molecule has 0 spiro atoms. The van der Waals surface area contributed by atoms with E-state index < -0.39 is 0 Å². The quantitative estimate of drug-likeness (QED) is 0.885. The van der Waals surface area contributed by atoms with E-state index in [0.717, 1.165) is 5.56 Å². The molecule has 18 heavy (non-hydrogen) atoms. The highest BCUT2D eigenvalue weighted by Crippen LogP contribution is 2.07. The van der Waals surface area contributed by atoms with Gasteiger partial charge < -0.3 is 5.32 Å². The van der Waals surface area contributed by atoms with Gasteiger partial charge in [0.05, 0.1) is 0 Å². The predicted molar refractivity (Wildman–Crippen MR) is 67.8 cm³/mol. The van der Waals surface area contributed by atoms with Crippen molar-refractivity contribution < 1.29 is 4.79 Å². The van der Waals surface area contributed by atoms with Gasteiger partial charge in [0.15, 0.2) is 0 Å². The van der Waals surface area contributed by atoms with Gasteiger partial charge in [-0.2, -0.15) is 5.10 Å². The summed E-state index contributed by atoms with van der Waals surface area (Å²) in [5, 5.41) is 6.85. The average Bonchev–Trinajstić information content (AvgIpc) is 2.90. The van der Waals surface area contributed by atoms with E-state index in [4.69, 9.17) is 0 Å². The van der Waals surface area contributed by atoms with Gasteiger partial charge in [0.25, 0.3) is 0 Å². The number of amides is 1. The first-order chi connectivity index (χ1) is 8.68. The second kappa shape index (κ2) is 5.44. The third kappa shape index (κ3) is 2.74. The Labute approximate surface area is 106 Å². The summed E-state index contributed by atoms with van der Waals surface area (Å²) in [5.74, 6) is -0.0660. The highest BCUT2D eigenvalue weighted by Gasteiger charge is 2.14. The van der Waals surface area contributed by atoms with Crippen LogP contribution in [-0.2, 0) is 11.3 Å². The van der Waals surface area contributed by atoms with E-state index in [1.54, 1.807) is 6.92 Å². The highest BCUT2D eigenvalue weighted by atomic mass is 16.2. The fourth-order valence-corrected chi connectivity index (χ4v) is 1.68. The van der Waals surface area contributed by atoms with E-state index in [1.165, 1.54) is 22.9 Å². The maximum atomic E-state index is 11.9. The normalized spacial score (nSPS) is 12.1. The van der Waals surface area contributed by atoms with E-state index in [9.17, 15) is 4.79 Å². The number of carbonyl (C=O) groups is 1. The molecule has 5 nitrogen and oxygen atoms in total. The summed E-state index contributed by atoms with van der Waals surface area (Å²) < 4.78 is 1.53. The minimum absolute atomic E-state index is 0.0660. The standard InChI is InChI=1S/C13H16N4O/c1-10-5-3-4-6-12(10)7-15-13(18)11(2)17-9-14-8-16-17/h3-6,8-9,11H,7H2,1-2H3,(H,15,18)/t11-/m1/s1. The largest absolute Gasteiger partial charge is 0.350 e. The monoisotopic (exact) mass is 244 g/mol. The van der Waals surface area contributed by atoms with Crippen LogP contribution in [0.25, 0.3) is 0 Å². The fraction of sp³-hybridized carbons (Fsp3) is 0.308. The van der Waals surface area contributed by atoms with Crippen LogP contribution in [0.2, 0.25) is 0 Å². The Bertz CT molecular complexity index is 522. The van der Waals surface area contributed by atoms with Crippen LogP contribution < -0.4 is 5.32 Å². The molecule has 1 N–H and O–H groups in total. The summed E-state index contributed by atoms with van der Waals surface area (Å²) in [7, 11) is 0. The van der Waals surface area contributed by atoms with Crippen molar-refractivity contribution in [2.24, 2.45) is 0 Å². The zero-order valence-electron chi connectivity index (χ0n) is 10.5. The molecule has 0 aliphatic heterocycles. The summed E-state index contributed by atoms with van der Waals surface area (Å²) >= 11 is 0. The van der Waals surface area contributed by atoms with Crippen LogP contribution in [0.3, 0.4) is 0 Å². The topological polar surface area (TPSA) is 59.8 Å². The zero-order valence-corrected chi connectivity index (χ0v) is 10.5. The molecule has 0 radical (unpaired) electrons. The molecule has 0 aliphatic rings. The lowest BCUT2D eigenvalue weighted by Gasteiger charge is -2.13. The number of nitrogens with one attached hydrogen (secondary N) is 1. The van der Waals surface area contributed by atoms with Crippen molar-refractivity contribution >= 4 is 5.91 Å². The van der Waals surface area contributed by atoms with Crippen LogP contribution in [0.1, 0.15) is 24.1 Å². The molecule has 0 saturated carbocycles. The highest BCUT2D eigenvalue weighted by molar-refractivity contribution is 5.79. The molecule has 1 heterocycles. The molecule has 0 saturated heterocycles. The second-order valence-electron chi connectivity index (χ2n) is 4.20. The molecule has 2 aromatic rings. The van der Waals surface area contributed by atoms with Crippen molar-refractivity contribution in [3.63, 3.8) is 0 Å². The number of hydrogen-bond acceptors (Lipinski definition) is 3. The first kappa shape index (κ1) is 12.3. The van der Waals surface area contributed by atoms with Crippen LogP contribution in [0, 0.1) is 6.92 Å². The molecular weight excluding hydrogens is 228 g/mol. The number of aryl methyl sites for hydroxylation is 1. The van der Waals surface area contributed by atoms with Gasteiger partial charge >= 0.3 is 0 Å². The number of carbonyl (C=O) groups excluding carboxylic acids is 1. The summed E-state index contributed by atoms with van der Waals surface area (Å²) in [4.78, 5) is 15.8. The molecule has 1 amide bonds. The molecule has 1 atom stereocenters. The van der Waals surface area contributed by atoms with Gasteiger partial charge in [-0.25, -0.2) is 9.67 Å². The number of nitrogens with zero attached hydrogens (tertiary/aromatic N) is 3. The molecule has 0 aliphatic carbocycles. The van der Waals surface area contributed by atoms with Crippen molar-refractivity contribution in [3.8, 4) is 0 Å². The van der Waals surface area contributed by atoms with Gasteiger partial charge in [0.2, 0.25) is 5.91 Å². The molecular formula is C13H16N4O. The number of benzene rings is 1. The Kier molecular flexibility index (Phi) is 3.72. The number of hydrogen-bond donors (Lipinski definition) is 1. The maximum absolute atomic E-state index is 11.9. The van der Waals surface area contributed by atoms with Crippen molar-refractivity contribution in [1.82, 2.24) is 20.1 Å². The fourth-order valence-electron chi connectivity index (χ4n) is 1.68. The van der Waals surface area contributed by atoms with Gasteiger partial charge in [-0.05, 0) is 25.0 Å². The molecule has 94 valence electrons. The van der Waals surface area contributed by atoms with Crippen LogP contribution in [0.4, 0.5) is 0 Å². The molecule has 1 aromatic carbocycles. The molecule has 0 bridgehead atoms. The lowest BCUT2D eigenvalue weighted by molar-refractivity contribution is -0.124. The van der Waals surface area contributed by atoms with Gasteiger partial charge in [-0.1, -0.05) is 24.3 Å². The average molecular weight is 244 g/mol. The second-order valence-corrected chi connectivity index (χ2v) is 4.20. The van der Waals surface area contributed by atoms with Crippen LogP contribution >= 0.6 is 0 Å². The van der Waals surface area contributed by atoms with E-state index in [1.807, 2.05) is 31.2 Å². The van der Waals surface area contributed by atoms with Gasteiger partial charge in [0.1, 0.15) is 18.7 Å². The van der Waals surface area contributed by atoms with Crippen molar-refractivity contribution in [2.75, 3.05) is 0 Å². The van der Waals surface area contributed by atoms with E-state index in [-0.39, 0.29) is 11.9 Å². The predicted octanol–water partition coefficient (Wildman–Crippen LogP) is 1.46. The van der Waals surface area contributed by atoms with Crippen molar-refractivity contribution in [1.29, 1.82) is 0 Å². The van der Waals surface area contributed by atoms with Crippen LogP contribution in [-0.4, -0.2) is 20.7 Å². The maximum Gasteiger partial charge on any atom is 0.244 e. The minimum Gasteiger partial charge on any atom is -0.350 e. The van der Waals surface area contributed by atoms with Crippen LogP contribution in [0.15, 0.2) is 36.9 Å². The molecule has 2 rings (SSSR count). The molecule has 5 heteroatoms. The Morgan fingerprint density at radius 1 is 1.44 bits per heavy atom. The van der Waals surface area contributed by atoms with E-state index in [0.29, 0.717) is 6.54 Å². The smallest absolute Gasteiger partial charge is 0.244 e. The zero-order chi connectivity index (χ0) is 13.0. The van der Waals surface area contributed by atoms with Gasteiger partial charge in [0, 0.05) is 6.54 Å². The summed E-state index contributed by atoms with van der Waals surface area (Å²) in [6, 6.07) is 7.64. The van der Waals surface area contributed by atoms with Gasteiger partial charge in [-0.3, -0.25) is 4.79 Å². The third-order valence-electron chi connectivity index (χ3n) is 2.93. The summed E-state index contributed by atoms with van der Waals surface area (Å²) in [5.41, 5.74) is 2.29. The summed E-state index contributed by atoms with van der Waals surface area (Å²) in [6.45, 7) is 4.36. The van der Waals surface area contributed by atoms with Gasteiger partial charge in [-0.15, -0.1) is 0 Å². The molecule has 0 fully saturated rings. The van der Waals surface area contributed by atoms with E-state index >= 15 is 0 Å². The van der Waals surface area contributed by atoms with Crippen molar-refractivity contribution in [3.05, 3.63) is 48.0 Å². The SMILES string of the molecule is Cc1ccccc1CNC(=O)[C@@H](C)n1cncn1. The Morgan fingerprint density at radius 3 is 2.89 bits per heavy atom. The first-order valence-corrected chi connectivity index (χ1v) is 5.85. The first-order valence-electron chi connectivity index (χ1n) is 5.85. The minimum atomic E-state index is -0.350. The molecule has 1 aromatic heterocycles. The Hall–Kier alpha value is -2.17. The molecule has 0 unspecified atom stereocenters. The van der Waals surface area contributed by atoms with Crippen LogP contribution in [0.5, 0.6) is 0 Å². The van der Waals surface area contributed by atoms with Crippen molar-refractivity contribution in [2.45, 2.75) is 26.4 Å². The van der Waals surface area contributed by atoms with E-state index in [2.05, 4.69) is 15.4 Å². The number of rotatable bonds is 4. The number of aromatic nitrogens is 3. The lowest BCUT2D eigenvalue weighted by atomic mass is 10.1. The summed E-state index contributed by atoms with van der Waals surface area (Å²) in [6.07, 6.45) is 2.96. The third-order valence-corrected chi connectivity index (χ3v) is 2.93. The Morgan fingerprint density at radius 2 is 2.22 bits per heavy atom.